The first-order chi connectivity index (χ1) is 49.9. The van der Waals surface area contributed by atoms with E-state index in [0.29, 0.717) is 0 Å². The lowest BCUT2D eigenvalue weighted by molar-refractivity contribution is 0.00578. The lowest BCUT2D eigenvalue weighted by Crippen LogP contribution is -2.41. The van der Waals surface area contributed by atoms with Crippen LogP contribution in [0.5, 0.6) is 0 Å². The van der Waals surface area contributed by atoms with E-state index in [1.165, 1.54) is 116 Å². The summed E-state index contributed by atoms with van der Waals surface area (Å²) in [7, 11) is -1.37. The van der Waals surface area contributed by atoms with Gasteiger partial charge in [-0.05, 0) is 226 Å². The highest BCUT2D eigenvalue weighted by Crippen LogP contribution is 2.46. The molecule has 4 aromatic heterocycles. The van der Waals surface area contributed by atoms with Crippen molar-refractivity contribution < 1.29 is 27.9 Å². The van der Waals surface area contributed by atoms with Crippen LogP contribution in [0.1, 0.15) is 94.3 Å². The van der Waals surface area contributed by atoms with E-state index in [1.54, 1.807) is 0 Å². The van der Waals surface area contributed by atoms with Gasteiger partial charge in [0.25, 0.3) is 0 Å². The summed E-state index contributed by atoms with van der Waals surface area (Å²) in [5, 5.41) is 8.72. The molecule has 19 rings (SSSR count). The van der Waals surface area contributed by atoms with Crippen LogP contribution < -0.4 is 5.46 Å². The number of hydrogen-bond donors (Lipinski definition) is 0. The molecule has 0 saturated carbocycles. The predicted octanol–water partition coefficient (Wildman–Crippen LogP) is 22.1. The molecule has 0 unspecified atom stereocenters. The van der Waals surface area contributed by atoms with Crippen molar-refractivity contribution in [1.29, 1.82) is 0 Å². The van der Waals surface area contributed by atoms with Gasteiger partial charge in [-0.15, -0.1) is 0 Å². The number of benzene rings is 11. The van der Waals surface area contributed by atoms with Gasteiger partial charge in [0, 0.05) is 65.3 Å². The second kappa shape index (κ2) is 25.2. The SMILES string of the molecule is Brc1cccc(-n2c3c(c4ccc(-c5ccc6c(c5)c5ccccc5n6-c5ccccc5)cc42)C=C[C+]=C3)c1.CC1(C)OB(B2OC(C)(C)C(C)(C)O2)OC1(C)C.CC1(C)OB(c2cccc(-n3c4ccccc4c4ccc(-c5ccc6c(c5)c5ccccc5n6-c5ccccc5)cc43)c2)OC1(C)C. The molecule has 512 valence electrons. The maximum absolute atomic E-state index is 6.44. The van der Waals surface area contributed by atoms with Crippen LogP contribution in [0.4, 0.5) is 0 Å². The van der Waals surface area contributed by atoms with Crippen molar-refractivity contribution in [3.8, 4) is 45.0 Å². The predicted molar refractivity (Wildman–Crippen MR) is 436 cm³/mol. The van der Waals surface area contributed by atoms with Crippen molar-refractivity contribution >= 4 is 131 Å². The fraction of sp³-hybridized carbons (Fsp3) is 0.200. The Kier molecular flexibility index (Phi) is 16.3. The van der Waals surface area contributed by atoms with E-state index in [2.05, 4.69) is 335 Å². The van der Waals surface area contributed by atoms with E-state index in [-0.39, 0.29) is 22.4 Å². The first-order valence-corrected chi connectivity index (χ1v) is 36.8. The highest BCUT2D eigenvalue weighted by atomic mass is 79.9. The summed E-state index contributed by atoms with van der Waals surface area (Å²) in [5.74, 6) is 0. The molecule has 3 aliphatic heterocycles. The summed E-state index contributed by atoms with van der Waals surface area (Å²) < 4.78 is 47.2. The summed E-state index contributed by atoms with van der Waals surface area (Å²) in [6.45, 7) is 24.6. The fourth-order valence-electron chi connectivity index (χ4n) is 15.2. The molecule has 0 amide bonds. The quantitative estimate of drug-likeness (QED) is 0.111. The van der Waals surface area contributed by atoms with Gasteiger partial charge < -0.3 is 41.6 Å². The maximum atomic E-state index is 6.44. The van der Waals surface area contributed by atoms with Crippen molar-refractivity contribution in [2.75, 3.05) is 0 Å². The van der Waals surface area contributed by atoms with Gasteiger partial charge in [-0.3, -0.25) is 4.57 Å². The third-order valence-electron chi connectivity index (χ3n) is 22.8. The first-order valence-electron chi connectivity index (χ1n) is 36.0. The van der Waals surface area contributed by atoms with Crippen LogP contribution in [0.3, 0.4) is 0 Å². The zero-order valence-corrected chi connectivity index (χ0v) is 62.4. The molecule has 1 aliphatic carbocycles. The average Bonchev–Trinajstić information content (AvgIpc) is 1.60. The standard InChI is InChI=1S/C42H35BN2O2.C36H22BrN2.C12H24B2O4/c1-41(2)42(3,4)47-43(46-41)30-13-12-16-32(27-30)45-37-19-10-8-17-33(37)35-23-21-29(26-40(35)45)28-22-24-39-36(25-28)34-18-9-11-20-38(34)44(39)31-14-6-5-7-15-31;37-26-9-8-12-28(23-26)39-33-15-6-4-13-29(33)31-19-17-25(22-36(31)39)24-18-20-35-32(21-24)30-14-5-7-16-34(30)38(35)27-10-2-1-3-11-27;1-9(2)10(3,4)16-13(15-9)14-17-11(5,6)12(7,8)18-14/h5-27H,1-4H3;1-5,7-23H;1-8H3/q;+1;. The first kappa shape index (κ1) is 67.4. The number of para-hydroxylation sites is 5. The van der Waals surface area contributed by atoms with Gasteiger partial charge in [-0.2, -0.15) is 0 Å². The molecule has 3 saturated heterocycles. The van der Waals surface area contributed by atoms with Crippen molar-refractivity contribution in [1.82, 2.24) is 18.3 Å². The molecule has 0 spiro atoms. The third-order valence-corrected chi connectivity index (χ3v) is 23.3. The molecule has 7 heterocycles. The Morgan fingerprint density at radius 2 is 0.663 bits per heavy atom. The topological polar surface area (TPSA) is 75.1 Å². The Hall–Kier alpha value is -9.82. The highest BCUT2D eigenvalue weighted by Gasteiger charge is 2.64. The molecule has 0 atom stereocenters. The number of hydrogen-bond acceptors (Lipinski definition) is 6. The molecular formula is C90H81B3BrN4O6+. The minimum atomic E-state index is -0.476. The molecule has 0 bridgehead atoms. The Balaban J connectivity index is 0.000000126. The van der Waals surface area contributed by atoms with E-state index < -0.39 is 32.3 Å². The summed E-state index contributed by atoms with van der Waals surface area (Å²) in [5.41, 5.74) is 18.9. The molecule has 0 radical (unpaired) electrons. The molecule has 14 heteroatoms. The summed E-state index contributed by atoms with van der Waals surface area (Å²) in [6.07, 6.45) is 9.53. The molecule has 0 N–H and O–H groups in total. The van der Waals surface area contributed by atoms with Crippen LogP contribution in [-0.2, 0) is 27.9 Å². The van der Waals surface area contributed by atoms with E-state index in [1.807, 2.05) is 61.5 Å². The summed E-state index contributed by atoms with van der Waals surface area (Å²) in [6, 6.07) is 91.8. The van der Waals surface area contributed by atoms with Crippen molar-refractivity contribution in [2.45, 2.75) is 117 Å². The zero-order chi connectivity index (χ0) is 71.8. The second-order valence-corrected chi connectivity index (χ2v) is 31.8. The fourth-order valence-corrected chi connectivity index (χ4v) is 15.6. The van der Waals surface area contributed by atoms with Crippen LogP contribution in [0, 0.1) is 6.08 Å². The number of aromatic nitrogens is 4. The van der Waals surface area contributed by atoms with Crippen LogP contribution in [0.2, 0.25) is 0 Å². The molecular weight excluding hydrogens is 1350 g/mol. The molecule has 10 nitrogen and oxygen atoms in total. The third kappa shape index (κ3) is 11.4. The second-order valence-electron chi connectivity index (χ2n) is 30.8. The number of halogens is 1. The zero-order valence-electron chi connectivity index (χ0n) is 60.8. The Morgan fingerprint density at radius 3 is 1.15 bits per heavy atom. The molecule has 11 aromatic carbocycles. The van der Waals surface area contributed by atoms with E-state index in [4.69, 9.17) is 27.9 Å². The normalized spacial score (nSPS) is 17.3. The van der Waals surface area contributed by atoms with Crippen molar-refractivity contribution in [3.05, 3.63) is 283 Å². The largest absolute Gasteiger partial charge is 0.494 e. The van der Waals surface area contributed by atoms with Gasteiger partial charge in [0.1, 0.15) is 17.7 Å². The molecule has 15 aromatic rings. The van der Waals surface area contributed by atoms with Gasteiger partial charge in [0.15, 0.2) is 5.69 Å². The maximum Gasteiger partial charge on any atom is 0.494 e. The van der Waals surface area contributed by atoms with Gasteiger partial charge in [-0.1, -0.05) is 155 Å². The number of nitrogens with zero attached hydrogens (tertiary/aromatic N) is 4. The minimum absolute atomic E-state index is 0.360. The Bertz CT molecular complexity index is 5880. The lowest BCUT2D eigenvalue weighted by Gasteiger charge is -2.32. The molecule has 104 heavy (non-hydrogen) atoms. The van der Waals surface area contributed by atoms with E-state index >= 15 is 0 Å². The Morgan fingerprint density at radius 1 is 0.298 bits per heavy atom. The van der Waals surface area contributed by atoms with E-state index in [0.717, 1.165) is 27.0 Å². The van der Waals surface area contributed by atoms with Crippen molar-refractivity contribution in [2.24, 2.45) is 0 Å². The van der Waals surface area contributed by atoms with Gasteiger partial charge in [0.05, 0.1) is 84.0 Å². The Labute approximate surface area is 617 Å². The number of allylic oxidation sites excluding steroid dienone is 2. The molecule has 3 fully saturated rings. The lowest BCUT2D eigenvalue weighted by atomic mass is 9.49. The van der Waals surface area contributed by atoms with Gasteiger partial charge in [-0.25, -0.2) is 0 Å². The smallest absolute Gasteiger partial charge is 0.405 e. The van der Waals surface area contributed by atoms with Crippen molar-refractivity contribution in [3.63, 3.8) is 0 Å². The minimum Gasteiger partial charge on any atom is -0.405 e. The highest BCUT2D eigenvalue weighted by molar-refractivity contribution is 9.10. The van der Waals surface area contributed by atoms with Gasteiger partial charge in [0.2, 0.25) is 0 Å². The monoisotopic (exact) mass is 1430 g/mol. The number of fused-ring (bicyclic) bond motifs is 12. The van der Waals surface area contributed by atoms with Crippen LogP contribution in [-0.4, -0.2) is 73.0 Å². The van der Waals surface area contributed by atoms with Crippen LogP contribution in [0.15, 0.2) is 265 Å². The van der Waals surface area contributed by atoms with Gasteiger partial charge >= 0.3 is 21.1 Å². The number of rotatable bonds is 8. The molecule has 4 aliphatic rings. The van der Waals surface area contributed by atoms with E-state index in [9.17, 15) is 0 Å². The van der Waals surface area contributed by atoms with Crippen LogP contribution in [0.25, 0.3) is 133 Å². The van der Waals surface area contributed by atoms with Crippen LogP contribution >= 0.6 is 15.9 Å². The average molecular weight is 1430 g/mol. The summed E-state index contributed by atoms with van der Waals surface area (Å²) in [4.78, 5) is 0. The summed E-state index contributed by atoms with van der Waals surface area (Å²) >= 11 is 3.67.